The van der Waals surface area contributed by atoms with Gasteiger partial charge in [-0.15, -0.1) is 0 Å². The molecule has 7 nitrogen and oxygen atoms in total. The van der Waals surface area contributed by atoms with Gasteiger partial charge in [0.1, 0.15) is 18.4 Å². The zero-order valence-electron chi connectivity index (χ0n) is 17.5. The van der Waals surface area contributed by atoms with Crippen molar-refractivity contribution in [2.45, 2.75) is 71.8 Å². The highest BCUT2D eigenvalue weighted by Crippen LogP contribution is 2.47. The van der Waals surface area contributed by atoms with Crippen LogP contribution in [0.15, 0.2) is 28.8 Å². The molecule has 3 heterocycles. The van der Waals surface area contributed by atoms with Crippen LogP contribution in [0.4, 0.5) is 0 Å². The topological polar surface area (TPSA) is 86.7 Å². The van der Waals surface area contributed by atoms with Crippen LogP contribution in [0, 0.1) is 11.8 Å². The number of aryl methyl sites for hydroxylation is 1. The lowest BCUT2D eigenvalue weighted by atomic mass is 9.78. The number of carboxylic acid groups (broad SMARTS) is 1. The number of carbonyl (C=O) groups is 2. The van der Waals surface area contributed by atoms with E-state index in [-0.39, 0.29) is 23.6 Å². The first-order valence-electron chi connectivity index (χ1n) is 10.0. The molecule has 1 saturated heterocycles. The molecule has 0 aromatic carbocycles. The summed E-state index contributed by atoms with van der Waals surface area (Å²) >= 11 is 1.74. The highest BCUT2D eigenvalue weighted by Gasteiger charge is 2.60. The van der Waals surface area contributed by atoms with E-state index in [2.05, 4.69) is 18.4 Å². The number of β-lactam (4-membered cyclic amide) rings is 1. The molecule has 8 heteroatoms. The Morgan fingerprint density at radius 1 is 1.36 bits per heavy atom. The first kappa shape index (κ1) is 22.5. The van der Waals surface area contributed by atoms with E-state index < -0.39 is 18.0 Å². The van der Waals surface area contributed by atoms with E-state index in [1.165, 1.54) is 4.90 Å². The Morgan fingerprint density at radius 2 is 2.00 bits per heavy atom. The van der Waals surface area contributed by atoms with Crippen LogP contribution >= 0.6 is 11.8 Å². The summed E-state index contributed by atoms with van der Waals surface area (Å²) in [5, 5.41) is 20.8. The minimum atomic E-state index is -1.08. The van der Waals surface area contributed by atoms with Crippen molar-refractivity contribution in [3.05, 3.63) is 23.8 Å². The lowest BCUT2D eigenvalue weighted by molar-refractivity contribution is -0.689. The van der Waals surface area contributed by atoms with Crippen LogP contribution in [0.2, 0.25) is 0 Å². The fourth-order valence-electron chi connectivity index (χ4n) is 4.13. The Morgan fingerprint density at radius 3 is 2.50 bits per heavy atom. The van der Waals surface area contributed by atoms with Crippen molar-refractivity contribution in [2.24, 2.45) is 11.8 Å². The lowest BCUT2D eigenvalue weighted by Crippen LogP contribution is -2.63. The summed E-state index contributed by atoms with van der Waals surface area (Å²) < 4.78 is 4.12. The predicted molar refractivity (Wildman–Crippen MR) is 108 cm³/mol. The van der Waals surface area contributed by atoms with Crippen LogP contribution in [0.25, 0.3) is 0 Å². The number of fused-ring (bicyclic) bond motifs is 1. The second kappa shape index (κ2) is 9.13. The third kappa shape index (κ3) is 3.72. The van der Waals surface area contributed by atoms with Crippen LogP contribution in [0.5, 0.6) is 0 Å². The summed E-state index contributed by atoms with van der Waals surface area (Å²) in [5.74, 6) is -1.02. The molecule has 4 atom stereocenters. The Balaban J connectivity index is 0.00000136. The van der Waals surface area contributed by atoms with Crippen molar-refractivity contribution in [1.82, 2.24) is 9.47 Å². The van der Waals surface area contributed by atoms with E-state index in [1.807, 2.05) is 37.9 Å². The zero-order valence-corrected chi connectivity index (χ0v) is 18.4. The minimum Gasteiger partial charge on any atom is -0.477 e. The number of thioether (sulfide) groups is 1. The number of aromatic nitrogens is 2. The Hall–Kier alpha value is -1.80. The molecule has 1 fully saturated rings. The fourth-order valence-corrected chi connectivity index (χ4v) is 4.98. The van der Waals surface area contributed by atoms with Gasteiger partial charge in [0.05, 0.1) is 24.6 Å². The van der Waals surface area contributed by atoms with Gasteiger partial charge in [0, 0.05) is 11.5 Å². The largest absolute Gasteiger partial charge is 0.477 e. The van der Waals surface area contributed by atoms with Crippen molar-refractivity contribution >= 4 is 23.6 Å². The third-order valence-corrected chi connectivity index (χ3v) is 6.28. The Bertz CT molecular complexity index is 772. The molecular weight excluding hydrogens is 378 g/mol. The van der Waals surface area contributed by atoms with Crippen molar-refractivity contribution in [1.29, 1.82) is 0 Å². The van der Waals surface area contributed by atoms with Crippen LogP contribution < -0.4 is 4.57 Å². The minimum absolute atomic E-state index is 0.0887. The molecule has 3 rings (SSSR count). The molecular formula is C20H32N3O4S+. The average Bonchev–Trinajstić information content (AvgIpc) is 3.14. The third-order valence-electron chi connectivity index (χ3n) is 5.35. The fraction of sp³-hybridized carbons (Fsp3) is 0.650. The number of carbonyl (C=O) groups excluding carboxylic acids is 1. The van der Waals surface area contributed by atoms with E-state index in [1.54, 1.807) is 18.7 Å². The molecule has 2 aliphatic heterocycles. The number of carboxylic acids is 1. The van der Waals surface area contributed by atoms with Gasteiger partial charge in [-0.05, 0) is 19.6 Å². The second-order valence-corrected chi connectivity index (χ2v) is 8.19. The summed E-state index contributed by atoms with van der Waals surface area (Å²) in [4.78, 5) is 25.6. The number of hydrogen-bond donors (Lipinski definition) is 2. The number of aliphatic hydroxyl groups is 1. The Kier molecular flexibility index (Phi) is 7.33. The van der Waals surface area contributed by atoms with E-state index in [0.717, 1.165) is 22.9 Å². The van der Waals surface area contributed by atoms with Crippen LogP contribution in [0.1, 0.15) is 41.5 Å². The van der Waals surface area contributed by atoms with Gasteiger partial charge in [0.15, 0.2) is 0 Å². The molecule has 156 valence electrons. The molecule has 1 aromatic heterocycles. The van der Waals surface area contributed by atoms with E-state index in [0.29, 0.717) is 6.54 Å². The van der Waals surface area contributed by atoms with Crippen LogP contribution in [-0.4, -0.2) is 49.5 Å². The lowest BCUT2D eigenvalue weighted by Gasteiger charge is -2.46. The molecule has 0 aliphatic carbocycles. The quantitative estimate of drug-likeness (QED) is 0.409. The molecule has 1 aromatic rings. The summed E-state index contributed by atoms with van der Waals surface area (Å²) in [5.41, 5.74) is 0.830. The van der Waals surface area contributed by atoms with Gasteiger partial charge in [-0.1, -0.05) is 39.5 Å². The highest BCUT2D eigenvalue weighted by molar-refractivity contribution is 7.99. The number of hydrogen-bond acceptors (Lipinski definition) is 4. The summed E-state index contributed by atoms with van der Waals surface area (Å²) in [6.45, 7) is 13.0. The normalized spacial score (nSPS) is 24.5. The maximum absolute atomic E-state index is 12.4. The summed E-state index contributed by atoms with van der Waals surface area (Å²) in [7, 11) is 0. The molecule has 2 aliphatic rings. The molecule has 0 spiro atoms. The molecule has 28 heavy (non-hydrogen) atoms. The van der Waals surface area contributed by atoms with Gasteiger partial charge in [0.2, 0.25) is 17.3 Å². The number of amides is 1. The molecule has 2 N–H and O–H groups in total. The standard InChI is InChI=1S/C18H25N3O4S.C2H6/c1-5-20-9-19(8-13(20)26-6-2)7-12-10(3)15-14(11(4)22)17(23)21(15)16(12)18(24)25;1-2/h8-11,14-15,22H,5-7H2,1-4H3;1-2H3/p+1. The SMILES string of the molecule is CC.CCSc1c[n+](CC2=C(C(=O)O)N3C(=O)C(C(C)O)C3C2C)cn1CC. The van der Waals surface area contributed by atoms with Crippen LogP contribution in [0.3, 0.4) is 0 Å². The maximum Gasteiger partial charge on any atom is 0.352 e. The molecule has 4 unspecified atom stereocenters. The summed E-state index contributed by atoms with van der Waals surface area (Å²) in [6.07, 6.45) is 3.24. The van der Waals surface area contributed by atoms with Gasteiger partial charge < -0.3 is 15.1 Å². The first-order chi connectivity index (χ1) is 13.3. The highest BCUT2D eigenvalue weighted by atomic mass is 32.2. The molecule has 1 amide bonds. The number of aliphatic hydroxyl groups excluding tert-OH is 1. The van der Waals surface area contributed by atoms with Crippen molar-refractivity contribution in [3.63, 3.8) is 0 Å². The zero-order chi connectivity index (χ0) is 21.2. The van der Waals surface area contributed by atoms with Gasteiger partial charge in [0.25, 0.3) is 0 Å². The first-order valence-corrected chi connectivity index (χ1v) is 11.0. The van der Waals surface area contributed by atoms with E-state index in [9.17, 15) is 19.8 Å². The Labute approximate surface area is 171 Å². The molecule has 0 bridgehead atoms. The maximum atomic E-state index is 12.4. The van der Waals surface area contributed by atoms with E-state index >= 15 is 0 Å². The average molecular weight is 411 g/mol. The van der Waals surface area contributed by atoms with Gasteiger partial charge in [-0.2, -0.15) is 0 Å². The monoisotopic (exact) mass is 410 g/mol. The number of imidazole rings is 1. The van der Waals surface area contributed by atoms with Gasteiger partial charge >= 0.3 is 5.97 Å². The van der Waals surface area contributed by atoms with Crippen molar-refractivity contribution in [2.75, 3.05) is 5.75 Å². The van der Waals surface area contributed by atoms with Crippen LogP contribution in [-0.2, 0) is 22.7 Å². The van der Waals surface area contributed by atoms with Crippen molar-refractivity contribution < 1.29 is 24.4 Å². The second-order valence-electron chi connectivity index (χ2n) is 6.91. The van der Waals surface area contributed by atoms with Gasteiger partial charge in [-0.3, -0.25) is 4.79 Å². The number of aliphatic carboxylic acids is 1. The number of nitrogens with zero attached hydrogens (tertiary/aromatic N) is 3. The molecule has 0 saturated carbocycles. The smallest absolute Gasteiger partial charge is 0.352 e. The van der Waals surface area contributed by atoms with Gasteiger partial charge in [-0.25, -0.2) is 13.9 Å². The van der Waals surface area contributed by atoms with Crippen molar-refractivity contribution in [3.8, 4) is 0 Å². The molecule has 0 radical (unpaired) electrons. The summed E-state index contributed by atoms with van der Waals surface area (Å²) in [6, 6.07) is -0.262. The number of rotatable bonds is 7. The van der Waals surface area contributed by atoms with E-state index in [4.69, 9.17) is 0 Å². The predicted octanol–water partition coefficient (Wildman–Crippen LogP) is 2.13.